The minimum Gasteiger partial charge on any atom is -0.326 e. The van der Waals surface area contributed by atoms with Gasteiger partial charge in [0.05, 0.1) is 10.6 Å². The Morgan fingerprint density at radius 2 is 1.64 bits per heavy atom. The molecule has 4 nitrogen and oxygen atoms in total. The molecule has 7 heteroatoms. The minimum atomic E-state index is -3.61. The van der Waals surface area contributed by atoms with Gasteiger partial charge in [0, 0.05) is 16.6 Å². The predicted octanol–water partition coefficient (Wildman–Crippen LogP) is 3.39. The molecule has 116 valence electrons. The summed E-state index contributed by atoms with van der Waals surface area (Å²) in [5.41, 5.74) is 0.590. The first kappa shape index (κ1) is 16.6. The second kappa shape index (κ2) is 7.02. The third-order valence-electron chi connectivity index (χ3n) is 2.90. The molecule has 0 unspecified atom stereocenters. The van der Waals surface area contributed by atoms with Gasteiger partial charge in [0.25, 0.3) is 0 Å². The Balaban J connectivity index is 1.95. The van der Waals surface area contributed by atoms with Gasteiger partial charge < -0.3 is 5.32 Å². The van der Waals surface area contributed by atoms with Gasteiger partial charge in [-0.2, -0.15) is 0 Å². The molecule has 0 radical (unpaired) electrons. The zero-order valence-electron chi connectivity index (χ0n) is 11.4. The molecule has 1 amide bonds. The highest BCUT2D eigenvalue weighted by Crippen LogP contribution is 2.15. The van der Waals surface area contributed by atoms with Crippen molar-refractivity contribution in [2.75, 3.05) is 11.1 Å². The minimum absolute atomic E-state index is 0.00495. The van der Waals surface area contributed by atoms with Gasteiger partial charge in [-0.1, -0.05) is 15.9 Å². The molecule has 0 aliphatic heterocycles. The second-order valence-corrected chi connectivity index (χ2v) is 7.60. The quantitative estimate of drug-likeness (QED) is 0.802. The predicted molar refractivity (Wildman–Crippen MR) is 85.8 cm³/mol. The fourth-order valence-corrected chi connectivity index (χ4v) is 3.25. The summed E-state index contributed by atoms with van der Waals surface area (Å²) >= 11 is 3.28. The molecule has 0 spiro atoms. The van der Waals surface area contributed by atoms with E-state index in [1.165, 1.54) is 12.1 Å². The van der Waals surface area contributed by atoms with Crippen LogP contribution in [0.3, 0.4) is 0 Å². The lowest BCUT2D eigenvalue weighted by Crippen LogP contribution is -2.17. The molecule has 22 heavy (non-hydrogen) atoms. The van der Waals surface area contributed by atoms with Crippen molar-refractivity contribution in [2.24, 2.45) is 0 Å². The van der Waals surface area contributed by atoms with E-state index in [1.54, 1.807) is 24.3 Å². The maximum absolute atomic E-state index is 12.8. The molecule has 1 N–H and O–H groups in total. The molecule has 0 aliphatic rings. The van der Waals surface area contributed by atoms with Crippen LogP contribution >= 0.6 is 15.9 Å². The molecule has 0 saturated carbocycles. The summed E-state index contributed by atoms with van der Waals surface area (Å²) in [6.45, 7) is 0. The molecule has 0 atom stereocenters. The summed E-state index contributed by atoms with van der Waals surface area (Å²) in [6.07, 6.45) is -0.171. The molecule has 2 rings (SSSR count). The van der Waals surface area contributed by atoms with Crippen molar-refractivity contribution < 1.29 is 17.6 Å². The Labute approximate surface area is 136 Å². The smallest absolute Gasteiger partial charge is 0.225 e. The van der Waals surface area contributed by atoms with Crippen LogP contribution in [0.25, 0.3) is 0 Å². The zero-order valence-corrected chi connectivity index (χ0v) is 13.8. The number of hydrogen-bond acceptors (Lipinski definition) is 3. The molecule has 0 saturated heterocycles. The Hall–Kier alpha value is -1.73. The van der Waals surface area contributed by atoms with Crippen LogP contribution < -0.4 is 5.32 Å². The maximum Gasteiger partial charge on any atom is 0.225 e. The van der Waals surface area contributed by atoms with Crippen molar-refractivity contribution in [3.63, 3.8) is 0 Å². The van der Waals surface area contributed by atoms with E-state index < -0.39 is 21.6 Å². The molecule has 0 fully saturated rings. The Morgan fingerprint density at radius 1 is 1.05 bits per heavy atom. The highest BCUT2D eigenvalue weighted by Gasteiger charge is 2.16. The Bertz CT molecular complexity index is 758. The van der Waals surface area contributed by atoms with Gasteiger partial charge in [-0.3, -0.25) is 4.79 Å². The van der Waals surface area contributed by atoms with Crippen LogP contribution in [0.1, 0.15) is 6.42 Å². The van der Waals surface area contributed by atoms with Gasteiger partial charge in [0.15, 0.2) is 9.84 Å². The zero-order chi connectivity index (χ0) is 16.2. The molecule has 0 aliphatic carbocycles. The summed E-state index contributed by atoms with van der Waals surface area (Å²) in [4.78, 5) is 11.8. The highest BCUT2D eigenvalue weighted by molar-refractivity contribution is 9.10. The van der Waals surface area contributed by atoms with Gasteiger partial charge in [-0.25, -0.2) is 12.8 Å². The van der Waals surface area contributed by atoms with Crippen molar-refractivity contribution in [3.8, 4) is 0 Å². The van der Waals surface area contributed by atoms with Crippen molar-refractivity contribution in [3.05, 3.63) is 58.8 Å². The van der Waals surface area contributed by atoms with Crippen molar-refractivity contribution in [1.29, 1.82) is 0 Å². The van der Waals surface area contributed by atoms with E-state index in [1.807, 2.05) is 0 Å². The third-order valence-corrected chi connectivity index (χ3v) is 5.16. The number of carbonyl (C=O) groups is 1. The fraction of sp³-hybridized carbons (Fsp3) is 0.133. The number of sulfone groups is 1. The lowest BCUT2D eigenvalue weighted by molar-refractivity contribution is -0.115. The van der Waals surface area contributed by atoms with E-state index in [4.69, 9.17) is 0 Å². The molecule has 2 aromatic rings. The molecular weight excluding hydrogens is 373 g/mol. The average molecular weight is 386 g/mol. The summed E-state index contributed by atoms with van der Waals surface area (Å²) in [7, 11) is -3.61. The van der Waals surface area contributed by atoms with Crippen molar-refractivity contribution in [2.45, 2.75) is 11.3 Å². The Morgan fingerprint density at radius 3 is 2.23 bits per heavy atom. The number of halogens is 2. The number of hydrogen-bond donors (Lipinski definition) is 1. The summed E-state index contributed by atoms with van der Waals surface area (Å²) < 4.78 is 37.7. The normalized spacial score (nSPS) is 11.2. The van der Waals surface area contributed by atoms with Crippen LogP contribution in [0.2, 0.25) is 0 Å². The van der Waals surface area contributed by atoms with Crippen LogP contribution in [0.15, 0.2) is 57.9 Å². The molecule has 0 bridgehead atoms. The number of anilines is 1. The third kappa shape index (κ3) is 4.64. The van der Waals surface area contributed by atoms with E-state index in [-0.39, 0.29) is 17.1 Å². The first-order valence-electron chi connectivity index (χ1n) is 6.40. The van der Waals surface area contributed by atoms with Crippen LogP contribution in [-0.4, -0.2) is 20.1 Å². The van der Waals surface area contributed by atoms with Crippen LogP contribution in [0.5, 0.6) is 0 Å². The molecular formula is C15H13BrFNO3S. The van der Waals surface area contributed by atoms with Gasteiger partial charge >= 0.3 is 0 Å². The lowest BCUT2D eigenvalue weighted by atomic mass is 10.3. The summed E-state index contributed by atoms with van der Waals surface area (Å²) in [5.74, 6) is -1.24. The second-order valence-electron chi connectivity index (χ2n) is 4.58. The maximum atomic E-state index is 12.8. The largest absolute Gasteiger partial charge is 0.326 e. The highest BCUT2D eigenvalue weighted by atomic mass is 79.9. The van der Waals surface area contributed by atoms with Crippen LogP contribution in [0.4, 0.5) is 10.1 Å². The van der Waals surface area contributed by atoms with Gasteiger partial charge in [-0.05, 0) is 48.5 Å². The number of carbonyl (C=O) groups excluding carboxylic acids is 1. The van der Waals surface area contributed by atoms with Gasteiger partial charge in [0.1, 0.15) is 5.82 Å². The van der Waals surface area contributed by atoms with E-state index in [2.05, 4.69) is 21.2 Å². The lowest BCUT2D eigenvalue weighted by Gasteiger charge is -2.06. The van der Waals surface area contributed by atoms with Crippen molar-refractivity contribution >= 4 is 37.4 Å². The summed E-state index contributed by atoms with van der Waals surface area (Å²) in [5, 5.41) is 2.62. The van der Waals surface area contributed by atoms with Crippen LogP contribution in [0, 0.1) is 5.82 Å². The molecule has 0 heterocycles. The monoisotopic (exact) mass is 385 g/mol. The topological polar surface area (TPSA) is 63.2 Å². The van der Waals surface area contributed by atoms with Crippen molar-refractivity contribution in [1.82, 2.24) is 0 Å². The van der Waals surface area contributed by atoms with E-state index in [0.29, 0.717) is 5.69 Å². The number of benzene rings is 2. The Kier molecular flexibility index (Phi) is 5.31. The average Bonchev–Trinajstić information content (AvgIpc) is 2.48. The first-order chi connectivity index (χ1) is 10.4. The number of amides is 1. The van der Waals surface area contributed by atoms with Crippen LogP contribution in [-0.2, 0) is 14.6 Å². The van der Waals surface area contributed by atoms with E-state index in [0.717, 1.165) is 16.6 Å². The standard InChI is InChI=1S/C15H13BrFNO3S/c16-11-1-5-13(6-2-11)18-15(19)9-10-22(20,21)14-7-3-12(17)4-8-14/h1-8H,9-10H2,(H,18,19). The first-order valence-corrected chi connectivity index (χ1v) is 8.85. The molecule has 0 aromatic heterocycles. The SMILES string of the molecule is O=C(CCS(=O)(=O)c1ccc(F)cc1)Nc1ccc(Br)cc1. The van der Waals surface area contributed by atoms with E-state index in [9.17, 15) is 17.6 Å². The van der Waals surface area contributed by atoms with Gasteiger partial charge in [-0.15, -0.1) is 0 Å². The molecule has 2 aromatic carbocycles. The van der Waals surface area contributed by atoms with Gasteiger partial charge in [0.2, 0.25) is 5.91 Å². The summed E-state index contributed by atoms with van der Waals surface area (Å²) in [6, 6.07) is 11.5. The fourth-order valence-electron chi connectivity index (χ4n) is 1.74. The number of rotatable bonds is 5. The number of nitrogens with one attached hydrogen (secondary N) is 1. The van der Waals surface area contributed by atoms with E-state index >= 15 is 0 Å².